The second-order valence-electron chi connectivity index (χ2n) is 2.89. The van der Waals surface area contributed by atoms with Crippen LogP contribution in [0.25, 0.3) is 6.08 Å². The fourth-order valence-electron chi connectivity index (χ4n) is 1.16. The fourth-order valence-corrected chi connectivity index (χ4v) is 1.16. The predicted molar refractivity (Wildman–Crippen MR) is 59.1 cm³/mol. The third kappa shape index (κ3) is 2.53. The first kappa shape index (κ1) is 10.7. The molecular formula is C10H16N4. The zero-order chi connectivity index (χ0) is 10.4. The standard InChI is InChI=1S/C10H16N4/c1-3-9-7-12-10(13-8-9)14(4-2)6-5-11/h3,7-8H,1,4-6,11H2,2H3. The molecule has 2 N–H and O–H groups in total. The third-order valence-electron chi connectivity index (χ3n) is 1.96. The monoisotopic (exact) mass is 192 g/mol. The van der Waals surface area contributed by atoms with E-state index in [1.165, 1.54) is 0 Å². The second kappa shape index (κ2) is 5.34. The van der Waals surface area contributed by atoms with E-state index in [4.69, 9.17) is 5.73 Å². The van der Waals surface area contributed by atoms with Crippen molar-refractivity contribution >= 4 is 12.0 Å². The molecule has 0 aliphatic carbocycles. The molecule has 0 fully saturated rings. The highest BCUT2D eigenvalue weighted by atomic mass is 15.2. The van der Waals surface area contributed by atoms with Gasteiger partial charge in [-0.2, -0.15) is 0 Å². The molecule has 0 aromatic carbocycles. The van der Waals surface area contributed by atoms with Gasteiger partial charge in [-0.15, -0.1) is 0 Å². The van der Waals surface area contributed by atoms with E-state index in [0.29, 0.717) is 6.54 Å². The van der Waals surface area contributed by atoms with Gasteiger partial charge in [0.1, 0.15) is 0 Å². The van der Waals surface area contributed by atoms with E-state index < -0.39 is 0 Å². The van der Waals surface area contributed by atoms with Gasteiger partial charge in [-0.25, -0.2) is 9.97 Å². The first-order valence-electron chi connectivity index (χ1n) is 4.71. The molecule has 4 nitrogen and oxygen atoms in total. The van der Waals surface area contributed by atoms with Gasteiger partial charge in [0.05, 0.1) is 0 Å². The molecule has 0 spiro atoms. The molecular weight excluding hydrogens is 176 g/mol. The summed E-state index contributed by atoms with van der Waals surface area (Å²) in [4.78, 5) is 10.5. The smallest absolute Gasteiger partial charge is 0.225 e. The molecule has 0 radical (unpaired) electrons. The lowest BCUT2D eigenvalue weighted by molar-refractivity contribution is 0.783. The van der Waals surface area contributed by atoms with Gasteiger partial charge < -0.3 is 10.6 Å². The highest BCUT2D eigenvalue weighted by Crippen LogP contribution is 2.06. The number of nitrogens with two attached hydrogens (primary N) is 1. The lowest BCUT2D eigenvalue weighted by atomic mass is 10.3. The van der Waals surface area contributed by atoms with Crippen LogP contribution in [0.1, 0.15) is 12.5 Å². The second-order valence-corrected chi connectivity index (χ2v) is 2.89. The summed E-state index contributed by atoms with van der Waals surface area (Å²) in [6.07, 6.45) is 5.24. The molecule has 76 valence electrons. The summed E-state index contributed by atoms with van der Waals surface area (Å²) in [6, 6.07) is 0. The van der Waals surface area contributed by atoms with Crippen LogP contribution in [0.2, 0.25) is 0 Å². The van der Waals surface area contributed by atoms with Crippen molar-refractivity contribution in [3.05, 3.63) is 24.5 Å². The number of aromatic nitrogens is 2. The lowest BCUT2D eigenvalue weighted by Gasteiger charge is -2.19. The van der Waals surface area contributed by atoms with Crippen LogP contribution in [0.15, 0.2) is 19.0 Å². The molecule has 0 amide bonds. The fraction of sp³-hybridized carbons (Fsp3) is 0.400. The largest absolute Gasteiger partial charge is 0.340 e. The van der Waals surface area contributed by atoms with Crippen LogP contribution in [0, 0.1) is 0 Å². The van der Waals surface area contributed by atoms with Crippen LogP contribution < -0.4 is 10.6 Å². The Kier molecular flexibility index (Phi) is 4.07. The quantitative estimate of drug-likeness (QED) is 0.753. The molecule has 14 heavy (non-hydrogen) atoms. The van der Waals surface area contributed by atoms with E-state index in [2.05, 4.69) is 23.5 Å². The van der Waals surface area contributed by atoms with Crippen LogP contribution in [0.5, 0.6) is 0 Å². The molecule has 0 saturated heterocycles. The van der Waals surface area contributed by atoms with E-state index in [1.54, 1.807) is 18.5 Å². The van der Waals surface area contributed by atoms with E-state index in [9.17, 15) is 0 Å². The van der Waals surface area contributed by atoms with Gasteiger partial charge in [-0.3, -0.25) is 0 Å². The Hall–Kier alpha value is -1.42. The van der Waals surface area contributed by atoms with Gasteiger partial charge in [-0.05, 0) is 6.92 Å². The number of likely N-dealkylation sites (N-methyl/N-ethyl adjacent to an activating group) is 1. The summed E-state index contributed by atoms with van der Waals surface area (Å²) >= 11 is 0. The first-order chi connectivity index (χ1) is 6.81. The lowest BCUT2D eigenvalue weighted by Crippen LogP contribution is -2.30. The molecule has 1 heterocycles. The topological polar surface area (TPSA) is 55.0 Å². The average Bonchev–Trinajstić information content (AvgIpc) is 2.26. The van der Waals surface area contributed by atoms with Crippen molar-refractivity contribution in [2.75, 3.05) is 24.5 Å². The SMILES string of the molecule is C=Cc1cnc(N(CC)CCN)nc1. The van der Waals surface area contributed by atoms with Gasteiger partial charge in [0, 0.05) is 37.6 Å². The molecule has 0 aliphatic heterocycles. The summed E-state index contributed by atoms with van der Waals surface area (Å²) in [7, 11) is 0. The van der Waals surface area contributed by atoms with Gasteiger partial charge in [0.2, 0.25) is 5.95 Å². The Morgan fingerprint density at radius 1 is 1.50 bits per heavy atom. The predicted octanol–water partition coefficient (Wildman–Crippen LogP) is 0.905. The zero-order valence-corrected chi connectivity index (χ0v) is 8.48. The van der Waals surface area contributed by atoms with Crippen molar-refractivity contribution in [1.29, 1.82) is 0 Å². The first-order valence-corrected chi connectivity index (χ1v) is 4.71. The average molecular weight is 192 g/mol. The summed E-state index contributed by atoms with van der Waals surface area (Å²) in [5, 5.41) is 0. The van der Waals surface area contributed by atoms with Crippen LogP contribution in [-0.2, 0) is 0 Å². The Bertz CT molecular complexity index is 281. The number of hydrogen-bond acceptors (Lipinski definition) is 4. The van der Waals surface area contributed by atoms with Crippen molar-refractivity contribution in [2.45, 2.75) is 6.92 Å². The molecule has 4 heteroatoms. The molecule has 0 unspecified atom stereocenters. The Labute approximate surface area is 84.5 Å². The summed E-state index contributed by atoms with van der Waals surface area (Å²) in [6.45, 7) is 7.96. The maximum Gasteiger partial charge on any atom is 0.225 e. The van der Waals surface area contributed by atoms with E-state index >= 15 is 0 Å². The van der Waals surface area contributed by atoms with Gasteiger partial charge in [-0.1, -0.05) is 12.7 Å². The maximum atomic E-state index is 5.49. The number of nitrogens with zero attached hydrogens (tertiary/aromatic N) is 3. The number of anilines is 1. The highest BCUT2D eigenvalue weighted by Gasteiger charge is 2.04. The molecule has 0 aliphatic rings. The van der Waals surface area contributed by atoms with Gasteiger partial charge in [0.25, 0.3) is 0 Å². The summed E-state index contributed by atoms with van der Waals surface area (Å²) < 4.78 is 0. The van der Waals surface area contributed by atoms with Crippen molar-refractivity contribution in [3.8, 4) is 0 Å². The number of hydrogen-bond donors (Lipinski definition) is 1. The zero-order valence-electron chi connectivity index (χ0n) is 8.48. The van der Waals surface area contributed by atoms with Crippen molar-refractivity contribution in [1.82, 2.24) is 9.97 Å². The van der Waals surface area contributed by atoms with Crippen molar-refractivity contribution < 1.29 is 0 Å². The van der Waals surface area contributed by atoms with Crippen LogP contribution in [0.3, 0.4) is 0 Å². The van der Waals surface area contributed by atoms with E-state index in [0.717, 1.165) is 24.6 Å². The number of rotatable bonds is 5. The molecule has 0 saturated carbocycles. The van der Waals surface area contributed by atoms with Gasteiger partial charge in [0.15, 0.2) is 0 Å². The van der Waals surface area contributed by atoms with Crippen LogP contribution >= 0.6 is 0 Å². The Balaban J connectivity index is 2.77. The van der Waals surface area contributed by atoms with Crippen molar-refractivity contribution in [2.24, 2.45) is 5.73 Å². The highest BCUT2D eigenvalue weighted by molar-refractivity contribution is 5.45. The van der Waals surface area contributed by atoms with Gasteiger partial charge >= 0.3 is 0 Å². The maximum absolute atomic E-state index is 5.49. The van der Waals surface area contributed by atoms with E-state index in [-0.39, 0.29) is 0 Å². The summed E-state index contributed by atoms with van der Waals surface area (Å²) in [5.74, 6) is 0.726. The normalized spacial score (nSPS) is 9.86. The van der Waals surface area contributed by atoms with Crippen molar-refractivity contribution in [3.63, 3.8) is 0 Å². The Morgan fingerprint density at radius 3 is 2.57 bits per heavy atom. The minimum atomic E-state index is 0.612. The van der Waals surface area contributed by atoms with Crippen LogP contribution in [-0.4, -0.2) is 29.6 Å². The minimum absolute atomic E-state index is 0.612. The summed E-state index contributed by atoms with van der Waals surface area (Å²) in [5.41, 5.74) is 6.41. The third-order valence-corrected chi connectivity index (χ3v) is 1.96. The molecule has 1 aromatic rings. The minimum Gasteiger partial charge on any atom is -0.340 e. The van der Waals surface area contributed by atoms with E-state index in [1.807, 2.05) is 4.90 Å². The van der Waals surface area contributed by atoms with Crippen LogP contribution in [0.4, 0.5) is 5.95 Å². The Morgan fingerprint density at radius 2 is 2.14 bits per heavy atom. The molecule has 0 atom stereocenters. The molecule has 1 aromatic heterocycles. The molecule has 0 bridgehead atoms. The molecule has 1 rings (SSSR count).